The van der Waals surface area contributed by atoms with Gasteiger partial charge in [0, 0.05) is 0 Å². The molecule has 3 rings (SSSR count). The van der Waals surface area contributed by atoms with E-state index in [1.165, 1.54) is 18.2 Å². The van der Waals surface area contributed by atoms with Crippen LogP contribution in [0.4, 0.5) is 0 Å². The van der Waals surface area contributed by atoms with E-state index >= 15 is 0 Å². The zero-order chi connectivity index (χ0) is 22.9. The number of carbonyl (C=O) groups is 3. The minimum atomic E-state index is -0.795. The lowest BCUT2D eigenvalue weighted by Gasteiger charge is -2.12. The van der Waals surface area contributed by atoms with Gasteiger partial charge in [-0.3, -0.25) is 0 Å². The average molecular weight is 430 g/mol. The Bertz CT molecular complexity index is 1120. The van der Waals surface area contributed by atoms with E-state index in [9.17, 15) is 14.4 Å². The fourth-order valence-electron chi connectivity index (χ4n) is 2.74. The summed E-state index contributed by atoms with van der Waals surface area (Å²) in [5, 5.41) is 0. The molecule has 0 aliphatic carbocycles. The zero-order valence-electron chi connectivity index (χ0n) is 17.6. The van der Waals surface area contributed by atoms with Crippen LogP contribution in [0.5, 0.6) is 5.75 Å². The Morgan fingerprint density at radius 2 is 1.41 bits per heavy atom. The topological polar surface area (TPSA) is 78.9 Å². The quantitative estimate of drug-likeness (QED) is 0.284. The summed E-state index contributed by atoms with van der Waals surface area (Å²) in [5.74, 6) is -1.85. The van der Waals surface area contributed by atoms with Crippen LogP contribution in [-0.4, -0.2) is 24.5 Å². The van der Waals surface area contributed by atoms with Gasteiger partial charge in [-0.1, -0.05) is 55.1 Å². The molecule has 0 amide bonds. The van der Waals surface area contributed by atoms with Crippen molar-refractivity contribution in [3.05, 3.63) is 113 Å². The number of ether oxygens (including phenoxy) is 3. The van der Waals surface area contributed by atoms with Crippen molar-refractivity contribution in [2.24, 2.45) is 0 Å². The smallest absolute Gasteiger partial charge is 0.344 e. The highest BCUT2D eigenvalue weighted by Crippen LogP contribution is 2.19. The van der Waals surface area contributed by atoms with Crippen molar-refractivity contribution in [2.75, 3.05) is 6.61 Å². The second-order valence-corrected chi connectivity index (χ2v) is 7.06. The van der Waals surface area contributed by atoms with E-state index in [1.54, 1.807) is 37.3 Å². The van der Waals surface area contributed by atoms with E-state index in [0.29, 0.717) is 11.3 Å². The first-order valence-electron chi connectivity index (χ1n) is 9.88. The zero-order valence-corrected chi connectivity index (χ0v) is 17.6. The number of benzene rings is 3. The molecule has 0 unspecified atom stereocenters. The molecule has 0 fully saturated rings. The molecule has 6 heteroatoms. The minimum Gasteiger partial charge on any atom is -0.458 e. The molecular weight excluding hydrogens is 408 g/mol. The van der Waals surface area contributed by atoms with Crippen LogP contribution in [0.15, 0.2) is 91.0 Å². The summed E-state index contributed by atoms with van der Waals surface area (Å²) in [6.07, 6.45) is 0. The molecule has 0 bridgehead atoms. The van der Waals surface area contributed by atoms with Crippen molar-refractivity contribution in [3.8, 4) is 5.75 Å². The van der Waals surface area contributed by atoms with Gasteiger partial charge in [-0.25, -0.2) is 14.4 Å². The van der Waals surface area contributed by atoms with Crippen molar-refractivity contribution >= 4 is 17.9 Å². The first-order valence-corrected chi connectivity index (χ1v) is 9.88. The number of esters is 3. The van der Waals surface area contributed by atoms with Gasteiger partial charge in [0.1, 0.15) is 19.0 Å². The third-order valence-electron chi connectivity index (χ3n) is 4.31. The average Bonchev–Trinajstić information content (AvgIpc) is 2.81. The lowest BCUT2D eigenvalue weighted by atomic mass is 10.0. The Labute approximate surface area is 186 Å². The van der Waals surface area contributed by atoms with Crippen LogP contribution in [-0.2, 0) is 16.1 Å². The summed E-state index contributed by atoms with van der Waals surface area (Å²) in [7, 11) is 0. The summed E-state index contributed by atoms with van der Waals surface area (Å²) in [4.78, 5) is 37.9. The SMILES string of the molecule is C=C(C)COC(=O)c1ccc(C(=O)OCc2ccccc2)cc1C(=O)Oc1ccccc1. The van der Waals surface area contributed by atoms with E-state index in [0.717, 1.165) is 5.56 Å². The molecule has 0 saturated carbocycles. The summed E-state index contributed by atoms with van der Waals surface area (Å²) in [6, 6.07) is 21.6. The highest BCUT2D eigenvalue weighted by Gasteiger charge is 2.23. The summed E-state index contributed by atoms with van der Waals surface area (Å²) in [5.41, 5.74) is 1.45. The monoisotopic (exact) mass is 430 g/mol. The van der Waals surface area contributed by atoms with Gasteiger partial charge in [0.2, 0.25) is 0 Å². The second kappa shape index (κ2) is 10.7. The third kappa shape index (κ3) is 6.15. The largest absolute Gasteiger partial charge is 0.458 e. The molecule has 3 aromatic carbocycles. The summed E-state index contributed by atoms with van der Waals surface area (Å²) >= 11 is 0. The molecule has 0 radical (unpaired) electrons. The van der Waals surface area contributed by atoms with Crippen molar-refractivity contribution in [3.63, 3.8) is 0 Å². The van der Waals surface area contributed by atoms with Crippen LogP contribution < -0.4 is 4.74 Å². The van der Waals surface area contributed by atoms with Crippen LogP contribution in [0, 0.1) is 0 Å². The lowest BCUT2D eigenvalue weighted by molar-refractivity contribution is 0.0469. The van der Waals surface area contributed by atoms with Crippen molar-refractivity contribution in [1.82, 2.24) is 0 Å². The number of hydrogen-bond acceptors (Lipinski definition) is 6. The molecule has 0 N–H and O–H groups in total. The van der Waals surface area contributed by atoms with Gasteiger partial charge in [-0.2, -0.15) is 0 Å². The van der Waals surface area contributed by atoms with Gasteiger partial charge in [0.15, 0.2) is 0 Å². The molecule has 0 saturated heterocycles. The van der Waals surface area contributed by atoms with Crippen molar-refractivity contribution in [2.45, 2.75) is 13.5 Å². The molecule has 3 aromatic rings. The highest BCUT2D eigenvalue weighted by molar-refractivity contribution is 6.05. The maximum Gasteiger partial charge on any atom is 0.344 e. The minimum absolute atomic E-state index is 0.00682. The van der Waals surface area contributed by atoms with Gasteiger partial charge < -0.3 is 14.2 Å². The normalized spacial score (nSPS) is 10.2. The van der Waals surface area contributed by atoms with Gasteiger partial charge in [-0.15, -0.1) is 0 Å². The van der Waals surface area contributed by atoms with E-state index in [4.69, 9.17) is 14.2 Å². The van der Waals surface area contributed by atoms with Crippen molar-refractivity contribution < 1.29 is 28.6 Å². The first-order chi connectivity index (χ1) is 15.4. The van der Waals surface area contributed by atoms with Gasteiger partial charge >= 0.3 is 17.9 Å². The molecule has 0 aliphatic rings. The molecule has 32 heavy (non-hydrogen) atoms. The van der Waals surface area contributed by atoms with Crippen LogP contribution in [0.2, 0.25) is 0 Å². The summed E-state index contributed by atoms with van der Waals surface area (Å²) in [6.45, 7) is 5.48. The maximum absolute atomic E-state index is 12.8. The molecule has 0 aromatic heterocycles. The fraction of sp³-hybridized carbons (Fsp3) is 0.115. The van der Waals surface area contributed by atoms with Crippen LogP contribution >= 0.6 is 0 Å². The maximum atomic E-state index is 12.8. The molecule has 162 valence electrons. The summed E-state index contributed by atoms with van der Waals surface area (Å²) < 4.78 is 15.9. The Morgan fingerprint density at radius 1 is 0.750 bits per heavy atom. The molecule has 0 spiro atoms. The third-order valence-corrected chi connectivity index (χ3v) is 4.31. The van der Waals surface area contributed by atoms with Crippen molar-refractivity contribution in [1.29, 1.82) is 0 Å². The Morgan fingerprint density at radius 3 is 2.06 bits per heavy atom. The number of carbonyl (C=O) groups excluding carboxylic acids is 3. The van der Waals surface area contributed by atoms with Crippen LogP contribution in [0.1, 0.15) is 43.6 Å². The Kier molecular flexibility index (Phi) is 7.54. The predicted molar refractivity (Wildman–Crippen MR) is 119 cm³/mol. The van der Waals surface area contributed by atoms with E-state index < -0.39 is 17.9 Å². The van der Waals surface area contributed by atoms with Gasteiger partial charge in [0.05, 0.1) is 16.7 Å². The molecule has 0 heterocycles. The molecule has 0 aliphatic heterocycles. The lowest BCUT2D eigenvalue weighted by Crippen LogP contribution is -2.18. The second-order valence-electron chi connectivity index (χ2n) is 7.06. The molecule has 0 atom stereocenters. The van der Waals surface area contributed by atoms with Gasteiger partial charge in [0.25, 0.3) is 0 Å². The number of para-hydroxylation sites is 1. The fourth-order valence-corrected chi connectivity index (χ4v) is 2.74. The van der Waals surface area contributed by atoms with E-state index in [1.807, 2.05) is 30.3 Å². The standard InChI is InChI=1S/C26H22O6/c1-18(2)16-30-25(28)22-14-13-20(24(27)31-17-19-9-5-3-6-10-19)15-23(22)26(29)32-21-11-7-4-8-12-21/h3-15H,1,16-17H2,2H3. The number of rotatable bonds is 8. The van der Waals surface area contributed by atoms with Crippen LogP contribution in [0.25, 0.3) is 0 Å². The Hall–Kier alpha value is -4.19. The Balaban J connectivity index is 1.85. The predicted octanol–water partition coefficient (Wildman–Crippen LogP) is 5.00. The molecular formula is C26H22O6. The molecule has 6 nitrogen and oxygen atoms in total. The van der Waals surface area contributed by atoms with Gasteiger partial charge in [-0.05, 0) is 48.4 Å². The van der Waals surface area contributed by atoms with E-state index in [-0.39, 0.29) is 29.9 Å². The number of hydrogen-bond donors (Lipinski definition) is 0. The van der Waals surface area contributed by atoms with E-state index in [2.05, 4.69) is 6.58 Å². The first kappa shape index (κ1) is 22.5. The van der Waals surface area contributed by atoms with Crippen LogP contribution in [0.3, 0.4) is 0 Å². The highest BCUT2D eigenvalue weighted by atomic mass is 16.5.